The van der Waals surface area contributed by atoms with E-state index in [4.69, 9.17) is 4.74 Å². The summed E-state index contributed by atoms with van der Waals surface area (Å²) in [6, 6.07) is 10.8. The number of aromatic nitrogens is 2. The van der Waals surface area contributed by atoms with Crippen LogP contribution < -0.4 is 10.6 Å². The lowest BCUT2D eigenvalue weighted by Crippen LogP contribution is -2.15. The lowest BCUT2D eigenvalue weighted by Gasteiger charge is -2.07. The van der Waals surface area contributed by atoms with E-state index in [2.05, 4.69) is 20.8 Å². The number of nitrogens with one attached hydrogen (secondary N) is 2. The Morgan fingerprint density at radius 2 is 2.10 bits per heavy atom. The fourth-order valence-electron chi connectivity index (χ4n) is 1.83. The molecule has 1 aromatic heterocycles. The predicted octanol–water partition coefficient (Wildman–Crippen LogP) is 2.31. The third-order valence-corrected chi connectivity index (χ3v) is 2.75. The molecule has 2 rings (SSSR count). The fourth-order valence-corrected chi connectivity index (χ4v) is 1.83. The second-order valence-corrected chi connectivity index (χ2v) is 4.42. The molecule has 0 spiro atoms. The van der Waals surface area contributed by atoms with E-state index in [1.807, 2.05) is 31.2 Å². The van der Waals surface area contributed by atoms with Crippen molar-refractivity contribution in [2.75, 3.05) is 24.3 Å². The van der Waals surface area contributed by atoms with Crippen LogP contribution in [0.15, 0.2) is 36.4 Å². The smallest absolute Gasteiger partial charge is 0.276 e. The third kappa shape index (κ3) is 4.25. The minimum atomic E-state index is -0.292. The Bertz CT molecular complexity index is 599. The maximum Gasteiger partial charge on any atom is 0.276 e. The number of carbonyl (C=O) groups is 1. The molecule has 0 aliphatic heterocycles. The minimum Gasteiger partial charge on any atom is -0.380 e. The van der Waals surface area contributed by atoms with Crippen molar-refractivity contribution in [1.29, 1.82) is 0 Å². The molecule has 6 heteroatoms. The number of carbonyl (C=O) groups excluding carboxylic acids is 1. The average Bonchev–Trinajstić information content (AvgIpc) is 2.49. The Morgan fingerprint density at radius 1 is 1.24 bits per heavy atom. The molecule has 6 nitrogen and oxygen atoms in total. The molecule has 1 amide bonds. The molecule has 0 unspecified atom stereocenters. The lowest BCUT2D eigenvalue weighted by atomic mass is 10.2. The van der Waals surface area contributed by atoms with Gasteiger partial charge in [0.2, 0.25) is 0 Å². The summed E-state index contributed by atoms with van der Waals surface area (Å²) in [7, 11) is 1.63. The Kier molecular flexibility index (Phi) is 5.22. The fraction of sp³-hybridized carbons (Fsp3) is 0.267. The van der Waals surface area contributed by atoms with E-state index in [1.54, 1.807) is 19.2 Å². The zero-order valence-electron chi connectivity index (χ0n) is 12.1. The van der Waals surface area contributed by atoms with Gasteiger partial charge in [0.25, 0.3) is 5.91 Å². The van der Waals surface area contributed by atoms with Crippen molar-refractivity contribution in [3.63, 3.8) is 0 Å². The van der Waals surface area contributed by atoms with Gasteiger partial charge < -0.3 is 15.4 Å². The molecule has 21 heavy (non-hydrogen) atoms. The highest BCUT2D eigenvalue weighted by atomic mass is 16.5. The van der Waals surface area contributed by atoms with Gasteiger partial charge in [0.1, 0.15) is 5.82 Å². The van der Waals surface area contributed by atoms with Gasteiger partial charge in [-0.1, -0.05) is 12.1 Å². The van der Waals surface area contributed by atoms with E-state index < -0.39 is 0 Å². The molecule has 0 aliphatic carbocycles. The largest absolute Gasteiger partial charge is 0.380 e. The van der Waals surface area contributed by atoms with Gasteiger partial charge in [-0.15, -0.1) is 10.2 Å². The van der Waals surface area contributed by atoms with Crippen LogP contribution in [0, 0.1) is 0 Å². The minimum absolute atomic E-state index is 0.272. The normalized spacial score (nSPS) is 10.2. The first-order valence-electron chi connectivity index (χ1n) is 6.69. The van der Waals surface area contributed by atoms with E-state index in [1.165, 1.54) is 0 Å². The molecule has 2 N–H and O–H groups in total. The first-order valence-corrected chi connectivity index (χ1v) is 6.69. The maximum atomic E-state index is 12.1. The van der Waals surface area contributed by atoms with E-state index in [-0.39, 0.29) is 11.6 Å². The van der Waals surface area contributed by atoms with Crippen LogP contribution in [0.5, 0.6) is 0 Å². The number of hydrogen-bond acceptors (Lipinski definition) is 5. The van der Waals surface area contributed by atoms with Crippen LogP contribution in [0.2, 0.25) is 0 Å². The average molecular weight is 286 g/mol. The van der Waals surface area contributed by atoms with Gasteiger partial charge >= 0.3 is 0 Å². The van der Waals surface area contributed by atoms with E-state index in [9.17, 15) is 4.79 Å². The number of benzene rings is 1. The van der Waals surface area contributed by atoms with Gasteiger partial charge in [-0.25, -0.2) is 0 Å². The molecule has 110 valence electrons. The van der Waals surface area contributed by atoms with E-state index in [0.29, 0.717) is 18.1 Å². The van der Waals surface area contributed by atoms with Gasteiger partial charge in [-0.05, 0) is 36.8 Å². The molecule has 0 atom stereocenters. The summed E-state index contributed by atoms with van der Waals surface area (Å²) in [5, 5.41) is 13.7. The second kappa shape index (κ2) is 7.35. The first-order chi connectivity index (χ1) is 10.2. The topological polar surface area (TPSA) is 76.1 Å². The standard InChI is InChI=1S/C15H18N4O2/c1-3-16-14-8-7-13(18-19-14)15(20)17-12-6-4-5-11(9-12)10-21-2/h4-9H,3,10H2,1-2H3,(H,16,19)(H,17,20). The van der Waals surface area contributed by atoms with Gasteiger partial charge in [0.05, 0.1) is 6.61 Å². The molecular weight excluding hydrogens is 268 g/mol. The van der Waals surface area contributed by atoms with Gasteiger partial charge in [0, 0.05) is 19.3 Å². The summed E-state index contributed by atoms with van der Waals surface area (Å²) < 4.78 is 5.07. The van der Waals surface area contributed by atoms with Crippen molar-refractivity contribution in [3.05, 3.63) is 47.7 Å². The Morgan fingerprint density at radius 3 is 2.76 bits per heavy atom. The molecular formula is C15H18N4O2. The number of nitrogens with zero attached hydrogens (tertiary/aromatic N) is 2. The highest BCUT2D eigenvalue weighted by Crippen LogP contribution is 2.12. The summed E-state index contributed by atoms with van der Waals surface area (Å²) in [4.78, 5) is 12.1. The van der Waals surface area contributed by atoms with Crippen molar-refractivity contribution in [3.8, 4) is 0 Å². The van der Waals surface area contributed by atoms with Crippen LogP contribution in [0.1, 0.15) is 23.0 Å². The Labute approximate surface area is 123 Å². The summed E-state index contributed by atoms with van der Waals surface area (Å²) in [5.74, 6) is 0.358. The number of anilines is 2. The molecule has 2 aromatic rings. The molecule has 0 bridgehead atoms. The van der Waals surface area contributed by atoms with Crippen LogP contribution in [-0.4, -0.2) is 29.8 Å². The van der Waals surface area contributed by atoms with E-state index >= 15 is 0 Å². The highest BCUT2D eigenvalue weighted by Gasteiger charge is 2.08. The van der Waals surface area contributed by atoms with Crippen LogP contribution in [0.4, 0.5) is 11.5 Å². The van der Waals surface area contributed by atoms with Crippen molar-refractivity contribution in [2.45, 2.75) is 13.5 Å². The van der Waals surface area contributed by atoms with Crippen LogP contribution in [0.25, 0.3) is 0 Å². The first kappa shape index (κ1) is 14.9. The molecule has 0 radical (unpaired) electrons. The summed E-state index contributed by atoms with van der Waals surface area (Å²) >= 11 is 0. The number of ether oxygens (including phenoxy) is 1. The monoisotopic (exact) mass is 286 g/mol. The van der Waals surface area contributed by atoms with Crippen LogP contribution in [0.3, 0.4) is 0 Å². The molecule has 0 saturated carbocycles. The van der Waals surface area contributed by atoms with Crippen molar-refractivity contribution >= 4 is 17.4 Å². The lowest BCUT2D eigenvalue weighted by molar-refractivity contribution is 0.102. The zero-order valence-corrected chi connectivity index (χ0v) is 12.1. The summed E-state index contributed by atoms with van der Waals surface area (Å²) in [6.07, 6.45) is 0. The predicted molar refractivity (Wildman–Crippen MR) is 81.3 cm³/mol. The molecule has 0 fully saturated rings. The van der Waals surface area contributed by atoms with E-state index in [0.717, 1.165) is 12.1 Å². The SMILES string of the molecule is CCNc1ccc(C(=O)Nc2cccc(COC)c2)nn1. The Hall–Kier alpha value is -2.47. The van der Waals surface area contributed by atoms with Crippen LogP contribution in [-0.2, 0) is 11.3 Å². The summed E-state index contributed by atoms with van der Waals surface area (Å²) in [6.45, 7) is 3.22. The van der Waals surface area contributed by atoms with Crippen molar-refractivity contribution < 1.29 is 9.53 Å². The summed E-state index contributed by atoms with van der Waals surface area (Å²) in [5.41, 5.74) is 1.96. The van der Waals surface area contributed by atoms with Crippen molar-refractivity contribution in [2.24, 2.45) is 0 Å². The van der Waals surface area contributed by atoms with Crippen LogP contribution >= 0.6 is 0 Å². The molecule has 0 saturated heterocycles. The zero-order chi connectivity index (χ0) is 15.1. The Balaban J connectivity index is 2.05. The highest BCUT2D eigenvalue weighted by molar-refractivity contribution is 6.02. The van der Waals surface area contributed by atoms with Gasteiger partial charge in [0.15, 0.2) is 5.69 Å². The maximum absolute atomic E-state index is 12.1. The van der Waals surface area contributed by atoms with Gasteiger partial charge in [-0.2, -0.15) is 0 Å². The molecule has 1 aromatic carbocycles. The number of methoxy groups -OCH3 is 1. The number of amides is 1. The quantitative estimate of drug-likeness (QED) is 0.852. The molecule has 0 aliphatic rings. The number of hydrogen-bond donors (Lipinski definition) is 2. The van der Waals surface area contributed by atoms with Crippen molar-refractivity contribution in [1.82, 2.24) is 10.2 Å². The molecule has 1 heterocycles. The van der Waals surface area contributed by atoms with Gasteiger partial charge in [-0.3, -0.25) is 4.79 Å². The third-order valence-electron chi connectivity index (χ3n) is 2.75. The second-order valence-electron chi connectivity index (χ2n) is 4.42. The number of rotatable bonds is 6.